The normalized spacial score (nSPS) is 13.0. The van der Waals surface area contributed by atoms with E-state index in [4.69, 9.17) is 4.42 Å². The molecular weight excluding hydrogens is 422 g/mol. The standard InChI is InChI=1S/C21H21N3O4S2/c1-3-24-18-7-6-16(12-19(18)28-21(24)25)30(26,27)23-17(11-15-8-10-29-13-15)20-14(2)5-4-9-22-20/h4-10,12-13,17,23H,3,11H2,1-2H3/t17-/m1/s1. The second-order valence-corrected chi connectivity index (χ2v) is 9.45. The molecule has 3 aromatic heterocycles. The van der Waals surface area contributed by atoms with Crippen molar-refractivity contribution in [2.75, 3.05) is 0 Å². The molecule has 7 nitrogen and oxygen atoms in total. The van der Waals surface area contributed by atoms with Crippen molar-refractivity contribution in [2.24, 2.45) is 0 Å². The second kappa shape index (κ2) is 8.17. The Balaban J connectivity index is 1.72. The summed E-state index contributed by atoms with van der Waals surface area (Å²) in [6.45, 7) is 4.18. The van der Waals surface area contributed by atoms with E-state index in [1.54, 1.807) is 23.6 Å². The summed E-state index contributed by atoms with van der Waals surface area (Å²) in [6, 6.07) is 9.64. The maximum absolute atomic E-state index is 13.2. The first-order chi connectivity index (χ1) is 14.4. The Morgan fingerprint density at radius 2 is 2.10 bits per heavy atom. The van der Waals surface area contributed by atoms with Crippen LogP contribution in [0.3, 0.4) is 0 Å². The van der Waals surface area contributed by atoms with Crippen molar-refractivity contribution in [3.63, 3.8) is 0 Å². The van der Waals surface area contributed by atoms with Crippen molar-refractivity contribution in [3.05, 3.63) is 80.7 Å². The van der Waals surface area contributed by atoms with Crippen molar-refractivity contribution in [1.29, 1.82) is 0 Å². The number of oxazole rings is 1. The lowest BCUT2D eigenvalue weighted by Crippen LogP contribution is -2.31. The molecular formula is C21H21N3O4S2. The van der Waals surface area contributed by atoms with Crippen LogP contribution in [0.25, 0.3) is 11.1 Å². The fraction of sp³-hybridized carbons (Fsp3) is 0.238. The maximum atomic E-state index is 13.2. The van der Waals surface area contributed by atoms with Gasteiger partial charge in [0.2, 0.25) is 10.0 Å². The van der Waals surface area contributed by atoms with Gasteiger partial charge in [-0.05, 0) is 66.4 Å². The van der Waals surface area contributed by atoms with Crippen LogP contribution in [0.5, 0.6) is 0 Å². The predicted molar refractivity (Wildman–Crippen MR) is 116 cm³/mol. The molecule has 1 N–H and O–H groups in total. The number of aryl methyl sites for hydroxylation is 2. The third-order valence-electron chi connectivity index (χ3n) is 4.96. The summed E-state index contributed by atoms with van der Waals surface area (Å²) in [5.41, 5.74) is 3.42. The van der Waals surface area contributed by atoms with Gasteiger partial charge in [0.25, 0.3) is 0 Å². The highest BCUT2D eigenvalue weighted by Crippen LogP contribution is 2.25. The van der Waals surface area contributed by atoms with E-state index in [2.05, 4.69) is 9.71 Å². The van der Waals surface area contributed by atoms with Gasteiger partial charge in [0, 0.05) is 18.8 Å². The molecule has 156 valence electrons. The molecule has 0 aliphatic carbocycles. The van der Waals surface area contributed by atoms with Crippen LogP contribution in [-0.2, 0) is 23.0 Å². The molecule has 0 radical (unpaired) electrons. The molecule has 0 bridgehead atoms. The summed E-state index contributed by atoms with van der Waals surface area (Å²) in [7, 11) is -3.89. The Hall–Kier alpha value is -2.75. The molecule has 0 unspecified atom stereocenters. The zero-order chi connectivity index (χ0) is 21.3. The lowest BCUT2D eigenvalue weighted by Gasteiger charge is -2.19. The zero-order valence-corrected chi connectivity index (χ0v) is 18.2. The Morgan fingerprint density at radius 3 is 2.80 bits per heavy atom. The molecule has 0 fully saturated rings. The molecule has 30 heavy (non-hydrogen) atoms. The summed E-state index contributed by atoms with van der Waals surface area (Å²) >= 11 is 1.56. The monoisotopic (exact) mass is 443 g/mol. The summed E-state index contributed by atoms with van der Waals surface area (Å²) < 4.78 is 35.9. The van der Waals surface area contributed by atoms with Crippen LogP contribution in [0.15, 0.2) is 67.5 Å². The first kappa shape index (κ1) is 20.5. The number of rotatable bonds is 7. The predicted octanol–water partition coefficient (Wildman–Crippen LogP) is 3.64. The molecule has 4 aromatic rings. The molecule has 9 heteroatoms. The summed E-state index contributed by atoms with van der Waals surface area (Å²) in [5, 5.41) is 3.95. The fourth-order valence-electron chi connectivity index (χ4n) is 3.47. The number of benzene rings is 1. The van der Waals surface area contributed by atoms with Gasteiger partial charge in [0.1, 0.15) is 0 Å². The largest absolute Gasteiger partial charge is 0.419 e. The van der Waals surface area contributed by atoms with Gasteiger partial charge >= 0.3 is 5.76 Å². The van der Waals surface area contributed by atoms with Crippen LogP contribution in [0, 0.1) is 6.92 Å². The van der Waals surface area contributed by atoms with Gasteiger partial charge in [0.05, 0.1) is 22.1 Å². The molecule has 0 aliphatic heterocycles. The quantitative estimate of drug-likeness (QED) is 0.471. The number of aromatic nitrogens is 2. The van der Waals surface area contributed by atoms with E-state index >= 15 is 0 Å². The van der Waals surface area contributed by atoms with E-state index in [1.807, 2.05) is 42.8 Å². The van der Waals surface area contributed by atoms with Crippen LogP contribution >= 0.6 is 11.3 Å². The third kappa shape index (κ3) is 3.96. The molecule has 0 amide bonds. The number of hydrogen-bond acceptors (Lipinski definition) is 6. The molecule has 1 aromatic carbocycles. The number of hydrogen-bond donors (Lipinski definition) is 1. The smallest absolute Gasteiger partial charge is 0.408 e. The molecule has 0 aliphatic rings. The van der Waals surface area contributed by atoms with Crippen molar-refractivity contribution < 1.29 is 12.8 Å². The summed E-state index contributed by atoms with van der Waals surface area (Å²) in [5.74, 6) is -0.505. The number of thiophene rings is 1. The Morgan fingerprint density at radius 1 is 1.27 bits per heavy atom. The molecule has 3 heterocycles. The maximum Gasteiger partial charge on any atom is 0.419 e. The van der Waals surface area contributed by atoms with Gasteiger partial charge in [0.15, 0.2) is 5.58 Å². The van der Waals surface area contributed by atoms with Crippen molar-refractivity contribution >= 4 is 32.5 Å². The Bertz CT molecular complexity index is 1340. The van der Waals surface area contributed by atoms with Crippen LogP contribution in [0.2, 0.25) is 0 Å². The fourth-order valence-corrected chi connectivity index (χ4v) is 5.37. The number of fused-ring (bicyclic) bond motifs is 1. The molecule has 0 spiro atoms. The highest BCUT2D eigenvalue weighted by atomic mass is 32.2. The first-order valence-corrected chi connectivity index (χ1v) is 11.9. The van der Waals surface area contributed by atoms with Gasteiger partial charge in [-0.1, -0.05) is 6.07 Å². The minimum Gasteiger partial charge on any atom is -0.408 e. The van der Waals surface area contributed by atoms with E-state index in [9.17, 15) is 13.2 Å². The summed E-state index contributed by atoms with van der Waals surface area (Å²) in [6.07, 6.45) is 2.13. The van der Waals surface area contributed by atoms with Crippen LogP contribution in [0.4, 0.5) is 0 Å². The second-order valence-electron chi connectivity index (χ2n) is 6.96. The van der Waals surface area contributed by atoms with Gasteiger partial charge < -0.3 is 4.42 Å². The van der Waals surface area contributed by atoms with Crippen molar-refractivity contribution in [3.8, 4) is 0 Å². The molecule has 0 saturated carbocycles. The molecule has 1 atom stereocenters. The van der Waals surface area contributed by atoms with E-state index in [1.165, 1.54) is 16.7 Å². The van der Waals surface area contributed by atoms with Crippen molar-refractivity contribution in [1.82, 2.24) is 14.3 Å². The summed E-state index contributed by atoms with van der Waals surface area (Å²) in [4.78, 5) is 16.4. The molecule has 0 saturated heterocycles. The van der Waals surface area contributed by atoms with Gasteiger partial charge in [-0.2, -0.15) is 11.3 Å². The van der Waals surface area contributed by atoms with E-state index in [0.717, 1.165) is 11.1 Å². The highest BCUT2D eigenvalue weighted by Gasteiger charge is 2.25. The number of nitrogens with one attached hydrogen (secondary N) is 1. The number of sulfonamides is 1. The SMILES string of the molecule is CCn1c(=O)oc2cc(S(=O)(=O)N[C@H](Cc3ccsc3)c3ncccc3C)ccc21. The van der Waals surface area contributed by atoms with Crippen LogP contribution in [0.1, 0.15) is 29.8 Å². The third-order valence-corrected chi connectivity index (χ3v) is 7.16. The highest BCUT2D eigenvalue weighted by molar-refractivity contribution is 7.89. The van der Waals surface area contributed by atoms with Gasteiger partial charge in [-0.15, -0.1) is 0 Å². The van der Waals surface area contributed by atoms with Crippen LogP contribution in [-0.4, -0.2) is 18.0 Å². The Kier molecular flexibility index (Phi) is 5.59. The number of nitrogens with zero attached hydrogens (tertiary/aromatic N) is 2. The topological polar surface area (TPSA) is 94.2 Å². The average molecular weight is 444 g/mol. The lowest BCUT2D eigenvalue weighted by molar-refractivity contribution is 0.512. The van der Waals surface area contributed by atoms with E-state index < -0.39 is 21.8 Å². The van der Waals surface area contributed by atoms with Gasteiger partial charge in [-0.25, -0.2) is 17.9 Å². The Labute approximate surface area is 178 Å². The van der Waals surface area contributed by atoms with Crippen LogP contribution < -0.4 is 10.5 Å². The minimum absolute atomic E-state index is 0.0379. The van der Waals surface area contributed by atoms with E-state index in [0.29, 0.717) is 24.2 Å². The minimum atomic E-state index is -3.89. The van der Waals surface area contributed by atoms with Gasteiger partial charge in [-0.3, -0.25) is 9.55 Å². The lowest BCUT2D eigenvalue weighted by atomic mass is 10.0. The zero-order valence-electron chi connectivity index (χ0n) is 16.5. The average Bonchev–Trinajstić information content (AvgIpc) is 3.33. The van der Waals surface area contributed by atoms with Crippen molar-refractivity contribution in [2.45, 2.75) is 37.8 Å². The number of pyridine rings is 1. The van der Waals surface area contributed by atoms with E-state index in [-0.39, 0.29) is 10.5 Å². The first-order valence-electron chi connectivity index (χ1n) is 9.47. The molecule has 4 rings (SSSR count).